The van der Waals surface area contributed by atoms with Gasteiger partial charge in [0.25, 0.3) is 0 Å². The lowest BCUT2D eigenvalue weighted by atomic mass is 10.0. The van der Waals surface area contributed by atoms with E-state index in [1.165, 1.54) is 0 Å². The van der Waals surface area contributed by atoms with Gasteiger partial charge in [-0.05, 0) is 37.6 Å². The average Bonchev–Trinajstić information content (AvgIpc) is 2.53. The van der Waals surface area contributed by atoms with Crippen molar-refractivity contribution in [2.75, 3.05) is 0 Å². The number of aryl methyl sites for hydroxylation is 1. The molecule has 2 rings (SSSR count). The van der Waals surface area contributed by atoms with Gasteiger partial charge in [0.05, 0.1) is 10.6 Å². The highest BCUT2D eigenvalue weighted by Gasteiger charge is 2.22. The van der Waals surface area contributed by atoms with Crippen molar-refractivity contribution in [2.24, 2.45) is 0 Å². The van der Waals surface area contributed by atoms with Crippen LogP contribution in [0.25, 0.3) is 0 Å². The van der Waals surface area contributed by atoms with E-state index < -0.39 is 12.1 Å². The first kappa shape index (κ1) is 17.0. The molecule has 120 valence electrons. The molecule has 0 bridgehead atoms. The Morgan fingerprint density at radius 2 is 1.87 bits per heavy atom. The van der Waals surface area contributed by atoms with Crippen LogP contribution < -0.4 is 4.74 Å². The fraction of sp³-hybridized carbons (Fsp3) is 0.222. The number of hydrogen-bond donors (Lipinski definition) is 1. The topological polar surface area (TPSA) is 63.6 Å². The van der Waals surface area contributed by atoms with E-state index in [4.69, 9.17) is 21.4 Å². The van der Waals surface area contributed by atoms with Crippen LogP contribution in [0.2, 0.25) is 5.02 Å². The van der Waals surface area contributed by atoms with Gasteiger partial charge in [-0.25, -0.2) is 4.79 Å². The Balaban J connectivity index is 2.45. The summed E-state index contributed by atoms with van der Waals surface area (Å²) in [6.07, 6.45) is -0.710. The highest BCUT2D eigenvalue weighted by molar-refractivity contribution is 6.35. The second-order valence-corrected chi connectivity index (χ2v) is 5.57. The summed E-state index contributed by atoms with van der Waals surface area (Å²) in [5, 5.41) is 9.49. The van der Waals surface area contributed by atoms with E-state index in [2.05, 4.69) is 0 Å². The number of benzene rings is 2. The third kappa shape index (κ3) is 3.90. The maximum Gasteiger partial charge on any atom is 0.344 e. The molecule has 5 heteroatoms. The monoisotopic (exact) mass is 332 g/mol. The predicted molar refractivity (Wildman–Crippen MR) is 88.4 cm³/mol. The maximum absolute atomic E-state index is 12.8. The first-order valence-corrected chi connectivity index (χ1v) is 7.61. The van der Waals surface area contributed by atoms with Crippen molar-refractivity contribution in [2.45, 2.75) is 26.4 Å². The number of carboxylic acid groups (broad SMARTS) is 1. The zero-order valence-corrected chi connectivity index (χ0v) is 13.6. The first-order valence-electron chi connectivity index (χ1n) is 7.23. The SMILES string of the molecule is CCC(Oc1ccc(C)cc1C(=O)c1ccccc1Cl)C(=O)O. The quantitative estimate of drug-likeness (QED) is 0.808. The number of hydrogen-bond acceptors (Lipinski definition) is 3. The number of carboxylic acids is 1. The van der Waals surface area contributed by atoms with E-state index in [9.17, 15) is 9.59 Å². The van der Waals surface area contributed by atoms with Gasteiger partial charge in [-0.1, -0.05) is 42.3 Å². The molecule has 0 aliphatic heterocycles. The van der Waals surface area contributed by atoms with Crippen LogP contribution in [0, 0.1) is 6.92 Å². The minimum atomic E-state index is -1.07. The lowest BCUT2D eigenvalue weighted by Crippen LogP contribution is -2.26. The van der Waals surface area contributed by atoms with E-state index in [0.29, 0.717) is 22.6 Å². The third-order valence-corrected chi connectivity index (χ3v) is 3.74. The van der Waals surface area contributed by atoms with Crippen LogP contribution in [-0.4, -0.2) is 23.0 Å². The van der Waals surface area contributed by atoms with Crippen LogP contribution in [0.4, 0.5) is 0 Å². The molecule has 0 spiro atoms. The summed E-state index contributed by atoms with van der Waals surface area (Å²) in [6, 6.07) is 11.8. The molecule has 1 atom stereocenters. The Kier molecular flexibility index (Phi) is 5.40. The number of aliphatic carboxylic acids is 1. The van der Waals surface area contributed by atoms with E-state index in [1.807, 2.05) is 6.92 Å². The molecule has 0 aromatic heterocycles. The lowest BCUT2D eigenvalue weighted by Gasteiger charge is -2.16. The fourth-order valence-corrected chi connectivity index (χ4v) is 2.40. The van der Waals surface area contributed by atoms with Crippen LogP contribution in [0.5, 0.6) is 5.75 Å². The lowest BCUT2D eigenvalue weighted by molar-refractivity contribution is -0.145. The Morgan fingerprint density at radius 1 is 1.17 bits per heavy atom. The van der Waals surface area contributed by atoms with Crippen LogP contribution in [0.15, 0.2) is 42.5 Å². The number of ketones is 1. The summed E-state index contributed by atoms with van der Waals surface area (Å²) in [5.74, 6) is -1.12. The molecule has 0 aliphatic rings. The molecule has 0 heterocycles. The van der Waals surface area contributed by atoms with E-state index in [0.717, 1.165) is 5.56 Å². The average molecular weight is 333 g/mol. The van der Waals surface area contributed by atoms with E-state index in [-0.39, 0.29) is 11.5 Å². The fourth-order valence-electron chi connectivity index (χ4n) is 2.18. The Hall–Kier alpha value is -2.33. The standard InChI is InChI=1S/C18H17ClO4/c1-3-15(18(21)22)23-16-9-8-11(2)10-13(16)17(20)12-6-4-5-7-14(12)19/h4-10,15H,3H2,1-2H3,(H,21,22). The summed E-state index contributed by atoms with van der Waals surface area (Å²) >= 11 is 6.09. The van der Waals surface area contributed by atoms with Crippen molar-refractivity contribution in [3.63, 3.8) is 0 Å². The third-order valence-electron chi connectivity index (χ3n) is 3.41. The van der Waals surface area contributed by atoms with Crippen molar-refractivity contribution < 1.29 is 19.4 Å². The van der Waals surface area contributed by atoms with Crippen LogP contribution in [0.1, 0.15) is 34.8 Å². The highest BCUT2D eigenvalue weighted by Crippen LogP contribution is 2.27. The van der Waals surface area contributed by atoms with E-state index >= 15 is 0 Å². The van der Waals surface area contributed by atoms with Gasteiger partial charge in [0.15, 0.2) is 11.9 Å². The Labute approximate surface area is 139 Å². The number of ether oxygens (including phenoxy) is 1. The van der Waals surface area contributed by atoms with Gasteiger partial charge < -0.3 is 9.84 Å². The molecule has 1 unspecified atom stereocenters. The van der Waals surface area contributed by atoms with Crippen molar-refractivity contribution in [3.05, 3.63) is 64.2 Å². The summed E-state index contributed by atoms with van der Waals surface area (Å²) in [6.45, 7) is 3.56. The van der Waals surface area contributed by atoms with Gasteiger partial charge in [0.1, 0.15) is 5.75 Å². The Bertz CT molecular complexity index is 740. The predicted octanol–water partition coefficient (Wildman–Crippen LogP) is 4.12. The van der Waals surface area contributed by atoms with Gasteiger partial charge in [-0.2, -0.15) is 0 Å². The van der Waals surface area contributed by atoms with Gasteiger partial charge in [-0.3, -0.25) is 4.79 Å². The second-order valence-electron chi connectivity index (χ2n) is 5.16. The number of carbonyl (C=O) groups is 2. The van der Waals surface area contributed by atoms with Crippen molar-refractivity contribution in [1.29, 1.82) is 0 Å². The molecular formula is C18H17ClO4. The zero-order chi connectivity index (χ0) is 17.0. The minimum Gasteiger partial charge on any atom is -0.479 e. The summed E-state index contributed by atoms with van der Waals surface area (Å²) in [5.41, 5.74) is 1.53. The van der Waals surface area contributed by atoms with Gasteiger partial charge in [0.2, 0.25) is 0 Å². The van der Waals surface area contributed by atoms with Gasteiger partial charge in [-0.15, -0.1) is 0 Å². The van der Waals surface area contributed by atoms with Crippen molar-refractivity contribution >= 4 is 23.4 Å². The van der Waals surface area contributed by atoms with Crippen LogP contribution in [-0.2, 0) is 4.79 Å². The maximum atomic E-state index is 12.8. The molecule has 0 saturated heterocycles. The summed E-state index contributed by atoms with van der Waals surface area (Å²) in [4.78, 5) is 23.9. The molecule has 0 radical (unpaired) electrons. The molecule has 2 aromatic carbocycles. The van der Waals surface area contributed by atoms with Gasteiger partial charge >= 0.3 is 5.97 Å². The zero-order valence-electron chi connectivity index (χ0n) is 12.9. The number of rotatable bonds is 6. The molecule has 4 nitrogen and oxygen atoms in total. The van der Waals surface area contributed by atoms with E-state index in [1.54, 1.807) is 49.4 Å². The minimum absolute atomic E-state index is 0.245. The summed E-state index contributed by atoms with van der Waals surface area (Å²) < 4.78 is 5.53. The molecular weight excluding hydrogens is 316 g/mol. The van der Waals surface area contributed by atoms with Gasteiger partial charge in [0, 0.05) is 5.56 Å². The smallest absolute Gasteiger partial charge is 0.344 e. The summed E-state index contributed by atoms with van der Waals surface area (Å²) in [7, 11) is 0. The molecule has 2 aromatic rings. The second kappa shape index (κ2) is 7.29. The molecule has 0 fully saturated rings. The largest absolute Gasteiger partial charge is 0.479 e. The molecule has 0 aliphatic carbocycles. The molecule has 0 saturated carbocycles. The highest BCUT2D eigenvalue weighted by atomic mass is 35.5. The molecule has 1 N–H and O–H groups in total. The van der Waals surface area contributed by atoms with Crippen LogP contribution in [0.3, 0.4) is 0 Å². The molecule has 0 amide bonds. The van der Waals surface area contributed by atoms with Crippen LogP contribution >= 0.6 is 11.6 Å². The number of halogens is 1. The van der Waals surface area contributed by atoms with Crippen molar-refractivity contribution in [1.82, 2.24) is 0 Å². The normalized spacial score (nSPS) is 11.8. The Morgan fingerprint density at radius 3 is 2.48 bits per heavy atom. The van der Waals surface area contributed by atoms with Crippen molar-refractivity contribution in [3.8, 4) is 5.75 Å². The molecule has 23 heavy (non-hydrogen) atoms. The number of carbonyl (C=O) groups excluding carboxylic acids is 1. The first-order chi connectivity index (χ1) is 10.9.